The molecular formula is C11H13IO5. The lowest BCUT2D eigenvalue weighted by molar-refractivity contribution is 0.0459. The van der Waals surface area contributed by atoms with E-state index in [4.69, 9.17) is 18.9 Å². The maximum atomic E-state index is 11.3. The van der Waals surface area contributed by atoms with E-state index in [1.54, 1.807) is 40.8 Å². The number of ether oxygens (including phenoxy) is 4. The molecule has 5 nitrogen and oxygen atoms in total. The van der Waals surface area contributed by atoms with E-state index in [0.717, 1.165) is 0 Å². The van der Waals surface area contributed by atoms with Gasteiger partial charge in [0.25, 0.3) is 0 Å². The third-order valence-electron chi connectivity index (χ3n) is 1.79. The molecule has 0 unspecified atom stereocenters. The highest BCUT2D eigenvalue weighted by Crippen LogP contribution is 2.24. The van der Waals surface area contributed by atoms with Crippen LogP contribution in [0.3, 0.4) is 0 Å². The van der Waals surface area contributed by atoms with Gasteiger partial charge in [-0.15, -0.1) is 0 Å². The van der Waals surface area contributed by atoms with Crippen molar-refractivity contribution in [2.24, 2.45) is 0 Å². The standard InChI is InChI=1S/C11H13IO5/c1-14-6-16-9-3-8(11(12)13)4-10(5-9)17-7-15-2/h3-5H,6-7H2,1-2H3. The van der Waals surface area contributed by atoms with Gasteiger partial charge in [0.1, 0.15) is 11.5 Å². The Morgan fingerprint density at radius 3 is 1.88 bits per heavy atom. The van der Waals surface area contributed by atoms with Gasteiger partial charge < -0.3 is 18.9 Å². The first-order valence-electron chi connectivity index (χ1n) is 4.75. The number of carbonyl (C=O) groups excluding carboxylic acids is 1. The first-order valence-corrected chi connectivity index (χ1v) is 5.83. The molecule has 0 N–H and O–H groups in total. The fraction of sp³-hybridized carbons (Fsp3) is 0.364. The van der Waals surface area contributed by atoms with Gasteiger partial charge in [-0.25, -0.2) is 0 Å². The second kappa shape index (κ2) is 7.46. The molecule has 6 heteroatoms. The molecule has 94 valence electrons. The van der Waals surface area contributed by atoms with Gasteiger partial charge in [-0.3, -0.25) is 4.79 Å². The normalized spacial score (nSPS) is 10.1. The highest BCUT2D eigenvalue weighted by Gasteiger charge is 2.07. The summed E-state index contributed by atoms with van der Waals surface area (Å²) in [4.78, 5) is 11.3. The summed E-state index contributed by atoms with van der Waals surface area (Å²) in [5.41, 5.74) is 0.505. The number of hydrogen-bond acceptors (Lipinski definition) is 5. The minimum Gasteiger partial charge on any atom is -0.467 e. The van der Waals surface area contributed by atoms with Crippen LogP contribution in [0.5, 0.6) is 11.5 Å². The molecule has 0 aliphatic heterocycles. The van der Waals surface area contributed by atoms with Crippen molar-refractivity contribution in [3.05, 3.63) is 23.8 Å². The Morgan fingerprint density at radius 1 is 1.06 bits per heavy atom. The van der Waals surface area contributed by atoms with E-state index in [9.17, 15) is 4.79 Å². The molecule has 0 bridgehead atoms. The molecule has 1 aromatic rings. The van der Waals surface area contributed by atoms with Gasteiger partial charge in [0.15, 0.2) is 13.6 Å². The summed E-state index contributed by atoms with van der Waals surface area (Å²) in [6.45, 7) is 0.227. The van der Waals surface area contributed by atoms with Crippen molar-refractivity contribution in [1.82, 2.24) is 0 Å². The van der Waals surface area contributed by atoms with Crippen LogP contribution in [-0.2, 0) is 9.47 Å². The second-order valence-electron chi connectivity index (χ2n) is 3.07. The van der Waals surface area contributed by atoms with E-state index in [1.807, 2.05) is 0 Å². The van der Waals surface area contributed by atoms with E-state index < -0.39 is 0 Å². The van der Waals surface area contributed by atoms with Crippen LogP contribution in [-0.4, -0.2) is 31.6 Å². The lowest BCUT2D eigenvalue weighted by Gasteiger charge is -2.10. The van der Waals surface area contributed by atoms with Gasteiger partial charge in [-0.1, -0.05) is 0 Å². The largest absolute Gasteiger partial charge is 0.467 e. The first kappa shape index (κ1) is 14.2. The summed E-state index contributed by atoms with van der Waals surface area (Å²) in [6.07, 6.45) is 0. The van der Waals surface area contributed by atoms with Crippen molar-refractivity contribution in [3.63, 3.8) is 0 Å². The van der Waals surface area contributed by atoms with E-state index in [0.29, 0.717) is 17.1 Å². The van der Waals surface area contributed by atoms with Crippen LogP contribution in [0.1, 0.15) is 10.4 Å². The zero-order valence-corrected chi connectivity index (χ0v) is 11.7. The van der Waals surface area contributed by atoms with E-state index >= 15 is 0 Å². The highest BCUT2D eigenvalue weighted by molar-refractivity contribution is 14.1. The Balaban J connectivity index is 2.88. The number of rotatable bonds is 7. The molecule has 1 aromatic carbocycles. The van der Waals surface area contributed by atoms with Crippen molar-refractivity contribution in [2.45, 2.75) is 0 Å². The molecule has 0 aliphatic carbocycles. The molecule has 17 heavy (non-hydrogen) atoms. The number of benzene rings is 1. The van der Waals surface area contributed by atoms with Crippen molar-refractivity contribution in [2.75, 3.05) is 27.8 Å². The Bertz CT molecular complexity index is 354. The fourth-order valence-corrected chi connectivity index (χ4v) is 1.42. The van der Waals surface area contributed by atoms with Gasteiger partial charge in [-0.2, -0.15) is 0 Å². The SMILES string of the molecule is COCOc1cc(OCOC)cc(C(=O)I)c1. The third-order valence-corrected chi connectivity index (χ3v) is 2.42. The molecule has 0 aliphatic rings. The summed E-state index contributed by atoms with van der Waals surface area (Å²) in [5, 5.41) is 0. The maximum Gasteiger partial charge on any atom is 0.222 e. The van der Waals surface area contributed by atoms with E-state index in [-0.39, 0.29) is 17.4 Å². The lowest BCUT2D eigenvalue weighted by Crippen LogP contribution is -2.03. The summed E-state index contributed by atoms with van der Waals surface area (Å²) in [7, 11) is 3.05. The van der Waals surface area contributed by atoms with Gasteiger partial charge in [0.05, 0.1) is 0 Å². The van der Waals surface area contributed by atoms with Crippen molar-refractivity contribution in [1.29, 1.82) is 0 Å². The molecule has 0 atom stereocenters. The van der Waals surface area contributed by atoms with Crippen molar-refractivity contribution < 1.29 is 23.7 Å². The number of carbonyl (C=O) groups is 1. The first-order chi connectivity index (χ1) is 8.17. The number of halogens is 1. The molecule has 0 spiro atoms. The summed E-state index contributed by atoms with van der Waals surface area (Å²) in [5.74, 6) is 1.03. The average Bonchev–Trinajstić information content (AvgIpc) is 2.33. The topological polar surface area (TPSA) is 54.0 Å². The molecule has 0 saturated heterocycles. The Kier molecular flexibility index (Phi) is 6.23. The monoisotopic (exact) mass is 352 g/mol. The highest BCUT2D eigenvalue weighted by atomic mass is 127. The van der Waals surface area contributed by atoms with Crippen molar-refractivity contribution >= 4 is 26.4 Å². The summed E-state index contributed by atoms with van der Waals surface area (Å²) >= 11 is 1.70. The Labute approximate surface area is 113 Å². The van der Waals surface area contributed by atoms with Crippen LogP contribution in [0, 0.1) is 0 Å². The van der Waals surface area contributed by atoms with Crippen LogP contribution >= 0.6 is 22.6 Å². The maximum absolute atomic E-state index is 11.3. The number of methoxy groups -OCH3 is 2. The zero-order chi connectivity index (χ0) is 12.7. The van der Waals surface area contributed by atoms with Gasteiger partial charge in [-0.05, 0) is 12.1 Å². The molecule has 0 heterocycles. The fourth-order valence-electron chi connectivity index (χ4n) is 1.11. The third kappa shape index (κ3) is 4.88. The van der Waals surface area contributed by atoms with Crippen LogP contribution in [0.25, 0.3) is 0 Å². The molecule has 0 saturated carbocycles. The predicted octanol–water partition coefficient (Wildman–Crippen LogP) is 2.23. The molecule has 0 fully saturated rings. The van der Waals surface area contributed by atoms with E-state index in [1.165, 1.54) is 14.2 Å². The number of hydrogen-bond donors (Lipinski definition) is 0. The predicted molar refractivity (Wildman–Crippen MR) is 69.8 cm³/mol. The zero-order valence-electron chi connectivity index (χ0n) is 9.57. The summed E-state index contributed by atoms with van der Waals surface area (Å²) < 4.78 is 20.0. The van der Waals surface area contributed by atoms with Crippen LogP contribution in [0.2, 0.25) is 0 Å². The van der Waals surface area contributed by atoms with Crippen LogP contribution in [0.4, 0.5) is 0 Å². The second-order valence-corrected chi connectivity index (χ2v) is 4.05. The summed E-state index contributed by atoms with van der Waals surface area (Å²) in [6, 6.07) is 4.93. The lowest BCUT2D eigenvalue weighted by atomic mass is 10.2. The molecule has 0 amide bonds. The van der Waals surface area contributed by atoms with Crippen LogP contribution < -0.4 is 9.47 Å². The van der Waals surface area contributed by atoms with Gasteiger partial charge in [0, 0.05) is 48.4 Å². The quantitative estimate of drug-likeness (QED) is 0.428. The average molecular weight is 352 g/mol. The minimum atomic E-state index is -0.0901. The molecule has 1 rings (SSSR count). The molecular weight excluding hydrogens is 339 g/mol. The van der Waals surface area contributed by atoms with Crippen LogP contribution in [0.15, 0.2) is 18.2 Å². The molecule has 0 aromatic heterocycles. The smallest absolute Gasteiger partial charge is 0.222 e. The van der Waals surface area contributed by atoms with Crippen molar-refractivity contribution in [3.8, 4) is 11.5 Å². The molecule has 0 radical (unpaired) electrons. The van der Waals surface area contributed by atoms with Gasteiger partial charge in [0.2, 0.25) is 3.79 Å². The Hall–Kier alpha value is -0.860. The van der Waals surface area contributed by atoms with Gasteiger partial charge >= 0.3 is 0 Å². The Morgan fingerprint density at radius 2 is 1.53 bits per heavy atom. The minimum absolute atomic E-state index is 0.0901. The van der Waals surface area contributed by atoms with E-state index in [2.05, 4.69) is 0 Å².